The normalized spacial score (nSPS) is 24.3. The van der Waals surface area contributed by atoms with Crippen molar-refractivity contribution in [2.24, 2.45) is 13.0 Å². The molecule has 0 amide bonds. The second-order valence-corrected chi connectivity index (χ2v) is 5.05. The molecular formula is C15H17NO. The van der Waals surface area contributed by atoms with Crippen LogP contribution in [0.3, 0.4) is 0 Å². The van der Waals surface area contributed by atoms with E-state index in [1.165, 1.54) is 22.9 Å². The van der Waals surface area contributed by atoms with E-state index in [1.807, 2.05) is 0 Å². The predicted molar refractivity (Wildman–Crippen MR) is 69.1 cm³/mol. The first-order valence-corrected chi connectivity index (χ1v) is 6.30. The van der Waals surface area contributed by atoms with Crippen molar-refractivity contribution in [1.82, 2.24) is 4.57 Å². The Morgan fingerprint density at radius 2 is 2.12 bits per heavy atom. The van der Waals surface area contributed by atoms with Crippen LogP contribution in [0.2, 0.25) is 0 Å². The number of aryl methyl sites for hydroxylation is 1. The Morgan fingerprint density at radius 3 is 2.94 bits per heavy atom. The monoisotopic (exact) mass is 227 g/mol. The van der Waals surface area contributed by atoms with Crippen LogP contribution in [0.4, 0.5) is 0 Å². The lowest BCUT2D eigenvalue weighted by Crippen LogP contribution is -2.06. The number of benzene rings is 1. The van der Waals surface area contributed by atoms with Crippen molar-refractivity contribution in [2.75, 3.05) is 0 Å². The van der Waals surface area contributed by atoms with Crippen LogP contribution in [0.15, 0.2) is 30.5 Å². The molecule has 0 unspecified atom stereocenters. The minimum Gasteiger partial charge on any atom is -0.350 e. The number of fused-ring (bicyclic) bond motifs is 1. The Labute approximate surface area is 101 Å². The third-order valence-corrected chi connectivity index (χ3v) is 4.07. The van der Waals surface area contributed by atoms with E-state index in [9.17, 15) is 4.79 Å². The molecule has 2 heteroatoms. The van der Waals surface area contributed by atoms with Crippen LogP contribution in [0.5, 0.6) is 0 Å². The van der Waals surface area contributed by atoms with Crippen LogP contribution < -0.4 is 0 Å². The molecule has 17 heavy (non-hydrogen) atoms. The van der Waals surface area contributed by atoms with Gasteiger partial charge in [-0.3, -0.25) is 0 Å². The van der Waals surface area contributed by atoms with E-state index in [0.29, 0.717) is 5.92 Å². The summed E-state index contributed by atoms with van der Waals surface area (Å²) in [5.74, 6) is 0.652. The van der Waals surface area contributed by atoms with Gasteiger partial charge in [0.05, 0.1) is 0 Å². The van der Waals surface area contributed by atoms with Gasteiger partial charge in [0.1, 0.15) is 6.29 Å². The molecule has 0 N–H and O–H groups in total. The summed E-state index contributed by atoms with van der Waals surface area (Å²) in [5.41, 5.74) is 2.62. The molecule has 1 aromatic heterocycles. The van der Waals surface area contributed by atoms with Gasteiger partial charge in [-0.25, -0.2) is 0 Å². The van der Waals surface area contributed by atoms with E-state index in [1.54, 1.807) is 0 Å². The van der Waals surface area contributed by atoms with Crippen LogP contribution in [-0.2, 0) is 11.8 Å². The Hall–Kier alpha value is -1.57. The molecule has 0 saturated heterocycles. The smallest absolute Gasteiger partial charge is 0.123 e. The minimum absolute atomic E-state index is 0.223. The van der Waals surface area contributed by atoms with Crippen molar-refractivity contribution >= 4 is 17.2 Å². The van der Waals surface area contributed by atoms with Gasteiger partial charge in [0, 0.05) is 30.1 Å². The van der Waals surface area contributed by atoms with Crippen molar-refractivity contribution in [3.8, 4) is 0 Å². The number of hydrogen-bond donors (Lipinski definition) is 0. The fraction of sp³-hybridized carbons (Fsp3) is 0.400. The van der Waals surface area contributed by atoms with Gasteiger partial charge in [0.25, 0.3) is 0 Å². The Balaban J connectivity index is 2.14. The van der Waals surface area contributed by atoms with Crippen LogP contribution >= 0.6 is 0 Å². The third-order valence-electron chi connectivity index (χ3n) is 4.07. The van der Waals surface area contributed by atoms with Crippen LogP contribution in [-0.4, -0.2) is 10.9 Å². The van der Waals surface area contributed by atoms with E-state index in [0.717, 1.165) is 19.1 Å². The standard InChI is InChI=1S/C15H17NO/c1-16-9-14(12-7-4-5-11(12)10-17)13-6-2-3-8-15(13)16/h2-3,6,8-12H,4-5,7H2,1H3/t11-,12+/m1/s1. The molecule has 1 heterocycles. The first-order chi connectivity index (χ1) is 8.31. The molecule has 0 aliphatic heterocycles. The molecule has 1 fully saturated rings. The number of nitrogens with zero attached hydrogens (tertiary/aromatic N) is 1. The van der Waals surface area contributed by atoms with Crippen molar-refractivity contribution in [1.29, 1.82) is 0 Å². The maximum Gasteiger partial charge on any atom is 0.123 e. The van der Waals surface area contributed by atoms with E-state index in [4.69, 9.17) is 0 Å². The van der Waals surface area contributed by atoms with Gasteiger partial charge >= 0.3 is 0 Å². The molecule has 2 aromatic rings. The number of rotatable bonds is 2. The van der Waals surface area contributed by atoms with Gasteiger partial charge in [-0.15, -0.1) is 0 Å². The molecule has 1 aliphatic carbocycles. The number of carbonyl (C=O) groups excluding carboxylic acids is 1. The highest BCUT2D eigenvalue weighted by atomic mass is 16.1. The lowest BCUT2D eigenvalue weighted by atomic mass is 9.90. The zero-order valence-corrected chi connectivity index (χ0v) is 10.1. The topological polar surface area (TPSA) is 22.0 Å². The predicted octanol–water partition coefficient (Wildman–Crippen LogP) is 3.26. The van der Waals surface area contributed by atoms with Crippen molar-refractivity contribution in [2.45, 2.75) is 25.2 Å². The maximum atomic E-state index is 11.1. The quantitative estimate of drug-likeness (QED) is 0.722. The first kappa shape index (κ1) is 10.6. The summed E-state index contributed by atoms with van der Waals surface area (Å²) >= 11 is 0. The molecule has 2 atom stereocenters. The zero-order chi connectivity index (χ0) is 11.8. The van der Waals surface area contributed by atoms with Crippen molar-refractivity contribution in [3.05, 3.63) is 36.0 Å². The second-order valence-electron chi connectivity index (χ2n) is 5.05. The van der Waals surface area contributed by atoms with E-state index in [-0.39, 0.29) is 5.92 Å². The number of hydrogen-bond acceptors (Lipinski definition) is 1. The lowest BCUT2D eigenvalue weighted by Gasteiger charge is -2.13. The second kappa shape index (κ2) is 4.02. The van der Waals surface area contributed by atoms with Gasteiger partial charge in [-0.1, -0.05) is 24.6 Å². The van der Waals surface area contributed by atoms with Gasteiger partial charge in [-0.2, -0.15) is 0 Å². The Bertz CT molecular complexity index is 555. The minimum atomic E-state index is 0.223. The number of aldehydes is 1. The number of carbonyl (C=O) groups is 1. The Morgan fingerprint density at radius 1 is 1.29 bits per heavy atom. The van der Waals surface area contributed by atoms with E-state index < -0.39 is 0 Å². The molecule has 3 rings (SSSR count). The SMILES string of the molecule is Cn1cc([C@H]2CCC[C@@H]2C=O)c2ccccc21. The highest BCUT2D eigenvalue weighted by Gasteiger charge is 2.30. The summed E-state index contributed by atoms with van der Waals surface area (Å²) in [6.07, 6.45) is 6.74. The molecular weight excluding hydrogens is 210 g/mol. The highest BCUT2D eigenvalue weighted by Crippen LogP contribution is 2.41. The van der Waals surface area contributed by atoms with E-state index >= 15 is 0 Å². The van der Waals surface area contributed by atoms with Gasteiger partial charge < -0.3 is 9.36 Å². The summed E-state index contributed by atoms with van der Waals surface area (Å²) < 4.78 is 2.17. The molecule has 88 valence electrons. The molecule has 1 saturated carbocycles. The van der Waals surface area contributed by atoms with Crippen LogP contribution in [0, 0.1) is 5.92 Å². The van der Waals surface area contributed by atoms with Crippen LogP contribution in [0.1, 0.15) is 30.7 Å². The highest BCUT2D eigenvalue weighted by molar-refractivity contribution is 5.85. The number of aromatic nitrogens is 1. The van der Waals surface area contributed by atoms with E-state index in [2.05, 4.69) is 42.1 Å². The largest absolute Gasteiger partial charge is 0.350 e. The average molecular weight is 227 g/mol. The lowest BCUT2D eigenvalue weighted by molar-refractivity contribution is -0.111. The molecule has 1 aromatic carbocycles. The summed E-state index contributed by atoms with van der Waals surface area (Å²) in [5, 5.41) is 1.31. The molecule has 2 nitrogen and oxygen atoms in total. The molecule has 0 bridgehead atoms. The summed E-state index contributed by atoms with van der Waals surface area (Å²) in [7, 11) is 2.08. The Kier molecular flexibility index (Phi) is 2.50. The van der Waals surface area contributed by atoms with Gasteiger partial charge in [0.15, 0.2) is 0 Å². The molecule has 0 radical (unpaired) electrons. The molecule has 1 aliphatic rings. The zero-order valence-electron chi connectivity index (χ0n) is 10.1. The fourth-order valence-corrected chi connectivity index (χ4v) is 3.21. The van der Waals surface area contributed by atoms with Gasteiger partial charge in [0.2, 0.25) is 0 Å². The van der Waals surface area contributed by atoms with Crippen molar-refractivity contribution < 1.29 is 4.79 Å². The van der Waals surface area contributed by atoms with Gasteiger partial charge in [-0.05, 0) is 30.4 Å². The average Bonchev–Trinajstić information content (AvgIpc) is 2.94. The summed E-state index contributed by atoms with van der Waals surface area (Å²) in [6, 6.07) is 8.46. The van der Waals surface area contributed by atoms with Crippen molar-refractivity contribution in [3.63, 3.8) is 0 Å². The number of para-hydroxylation sites is 1. The fourth-order valence-electron chi connectivity index (χ4n) is 3.21. The summed E-state index contributed by atoms with van der Waals surface area (Å²) in [4.78, 5) is 11.1. The third kappa shape index (κ3) is 1.59. The first-order valence-electron chi connectivity index (χ1n) is 6.30. The maximum absolute atomic E-state index is 11.1. The summed E-state index contributed by atoms with van der Waals surface area (Å²) in [6.45, 7) is 0. The van der Waals surface area contributed by atoms with Crippen LogP contribution in [0.25, 0.3) is 10.9 Å². The molecule has 0 spiro atoms.